The molecule has 112 valence electrons. The van der Waals surface area contributed by atoms with E-state index in [1.165, 1.54) is 0 Å². The number of methoxy groups -OCH3 is 1. The van der Waals surface area contributed by atoms with Crippen LogP contribution < -0.4 is 15.2 Å². The van der Waals surface area contributed by atoms with Crippen molar-refractivity contribution in [3.63, 3.8) is 0 Å². The lowest BCUT2D eigenvalue weighted by Crippen LogP contribution is -2.43. The lowest BCUT2D eigenvalue weighted by atomic mass is 9.78. The van der Waals surface area contributed by atoms with E-state index in [1.54, 1.807) is 31.4 Å². The molecule has 0 unspecified atom stereocenters. The molecule has 2 aliphatic rings. The standard InChI is InChI=1S/C16H19NO4/c1-21-12-4-2-3-11(8-12)17-15(18)13-9-5-6-10(7-9)14(13)16(19)20/h2-4,8-10,13-14H,5-7H2,1H3,(H,17,18)(H,19,20)/p-1/t9-,10+,13-,14+/m1/s1. The highest BCUT2D eigenvalue weighted by molar-refractivity contribution is 5.95. The lowest BCUT2D eigenvalue weighted by Gasteiger charge is -2.30. The van der Waals surface area contributed by atoms with Crippen LogP contribution in [0.15, 0.2) is 24.3 Å². The van der Waals surface area contributed by atoms with Gasteiger partial charge in [-0.15, -0.1) is 0 Å². The van der Waals surface area contributed by atoms with E-state index >= 15 is 0 Å². The molecule has 1 amide bonds. The van der Waals surface area contributed by atoms with Crippen molar-refractivity contribution in [3.05, 3.63) is 24.3 Å². The Morgan fingerprint density at radius 3 is 2.62 bits per heavy atom. The zero-order valence-electron chi connectivity index (χ0n) is 11.9. The average Bonchev–Trinajstić information content (AvgIpc) is 3.07. The average molecular weight is 288 g/mol. The van der Waals surface area contributed by atoms with E-state index in [0.29, 0.717) is 11.4 Å². The fourth-order valence-electron chi connectivity index (χ4n) is 3.93. The second-order valence-electron chi connectivity index (χ2n) is 5.93. The number of carboxylic acid groups (broad SMARTS) is 1. The highest BCUT2D eigenvalue weighted by atomic mass is 16.5. The molecular weight excluding hydrogens is 270 g/mol. The first-order valence-corrected chi connectivity index (χ1v) is 7.26. The lowest BCUT2D eigenvalue weighted by molar-refractivity contribution is -0.314. The maximum Gasteiger partial charge on any atom is 0.228 e. The first kappa shape index (κ1) is 13.9. The number of aliphatic carboxylic acids is 1. The van der Waals surface area contributed by atoms with E-state index in [4.69, 9.17) is 4.74 Å². The molecule has 2 bridgehead atoms. The summed E-state index contributed by atoms with van der Waals surface area (Å²) in [4.78, 5) is 23.8. The van der Waals surface area contributed by atoms with E-state index < -0.39 is 17.8 Å². The first-order valence-electron chi connectivity index (χ1n) is 7.26. The molecule has 5 heteroatoms. The number of hydrogen-bond acceptors (Lipinski definition) is 4. The number of carbonyl (C=O) groups excluding carboxylic acids is 2. The minimum atomic E-state index is -1.09. The summed E-state index contributed by atoms with van der Waals surface area (Å²) in [5.41, 5.74) is 0.624. The molecule has 2 saturated carbocycles. The van der Waals surface area contributed by atoms with Crippen molar-refractivity contribution in [1.29, 1.82) is 0 Å². The molecule has 2 fully saturated rings. The maximum atomic E-state index is 12.5. The van der Waals surface area contributed by atoms with E-state index in [-0.39, 0.29) is 17.7 Å². The number of anilines is 1. The normalized spacial score (nSPS) is 30.1. The number of rotatable bonds is 4. The molecule has 1 aromatic carbocycles. The Labute approximate surface area is 123 Å². The Morgan fingerprint density at radius 2 is 1.95 bits per heavy atom. The summed E-state index contributed by atoms with van der Waals surface area (Å²) in [6, 6.07) is 7.06. The zero-order chi connectivity index (χ0) is 15.0. The van der Waals surface area contributed by atoms with Crippen molar-refractivity contribution in [3.8, 4) is 5.75 Å². The van der Waals surface area contributed by atoms with E-state index in [2.05, 4.69) is 5.32 Å². The first-order chi connectivity index (χ1) is 10.1. The van der Waals surface area contributed by atoms with Gasteiger partial charge in [0, 0.05) is 29.6 Å². The molecule has 0 radical (unpaired) electrons. The van der Waals surface area contributed by atoms with Crippen LogP contribution in [-0.2, 0) is 9.59 Å². The molecule has 3 rings (SSSR count). The molecular formula is C16H18NO4-. The zero-order valence-corrected chi connectivity index (χ0v) is 11.9. The van der Waals surface area contributed by atoms with E-state index in [9.17, 15) is 14.7 Å². The number of amides is 1. The van der Waals surface area contributed by atoms with Gasteiger partial charge in [-0.2, -0.15) is 0 Å². The third-order valence-corrected chi connectivity index (χ3v) is 4.83. The van der Waals surface area contributed by atoms with Crippen LogP contribution in [0.3, 0.4) is 0 Å². The summed E-state index contributed by atoms with van der Waals surface area (Å²) >= 11 is 0. The molecule has 21 heavy (non-hydrogen) atoms. The number of benzene rings is 1. The van der Waals surface area contributed by atoms with Crippen LogP contribution in [0.2, 0.25) is 0 Å². The minimum absolute atomic E-state index is 0.0982. The van der Waals surface area contributed by atoms with Gasteiger partial charge in [0.05, 0.1) is 7.11 Å². The number of fused-ring (bicyclic) bond motifs is 2. The third-order valence-electron chi connectivity index (χ3n) is 4.83. The molecule has 0 saturated heterocycles. The second-order valence-corrected chi connectivity index (χ2v) is 5.93. The topological polar surface area (TPSA) is 78.5 Å². The number of hydrogen-bond donors (Lipinski definition) is 1. The van der Waals surface area contributed by atoms with Crippen LogP contribution in [0, 0.1) is 23.7 Å². The summed E-state index contributed by atoms with van der Waals surface area (Å²) < 4.78 is 5.12. The van der Waals surface area contributed by atoms with Crippen molar-refractivity contribution in [2.45, 2.75) is 19.3 Å². The van der Waals surface area contributed by atoms with E-state index in [0.717, 1.165) is 19.3 Å². The van der Waals surface area contributed by atoms with Crippen LogP contribution in [0.1, 0.15) is 19.3 Å². The number of carboxylic acids is 1. The van der Waals surface area contributed by atoms with Crippen LogP contribution >= 0.6 is 0 Å². The highest BCUT2D eigenvalue weighted by Gasteiger charge is 2.51. The predicted octanol–water partition coefficient (Wildman–Crippen LogP) is 1.05. The van der Waals surface area contributed by atoms with Crippen LogP contribution in [-0.4, -0.2) is 19.0 Å². The Kier molecular flexibility index (Phi) is 3.57. The maximum absolute atomic E-state index is 12.5. The Morgan fingerprint density at radius 1 is 1.24 bits per heavy atom. The van der Waals surface area contributed by atoms with Gasteiger partial charge in [-0.1, -0.05) is 6.07 Å². The summed E-state index contributed by atoms with van der Waals surface area (Å²) in [5.74, 6) is -1.51. The van der Waals surface area contributed by atoms with Gasteiger partial charge in [-0.05, 0) is 43.2 Å². The van der Waals surface area contributed by atoms with Gasteiger partial charge in [0.25, 0.3) is 0 Å². The molecule has 0 heterocycles. The van der Waals surface area contributed by atoms with Gasteiger partial charge >= 0.3 is 0 Å². The fourth-order valence-corrected chi connectivity index (χ4v) is 3.93. The van der Waals surface area contributed by atoms with Gasteiger partial charge < -0.3 is 20.0 Å². The van der Waals surface area contributed by atoms with Crippen molar-refractivity contribution < 1.29 is 19.4 Å². The largest absolute Gasteiger partial charge is 0.550 e. The van der Waals surface area contributed by atoms with Crippen molar-refractivity contribution >= 4 is 17.6 Å². The summed E-state index contributed by atoms with van der Waals surface area (Å²) in [5, 5.41) is 14.2. The van der Waals surface area contributed by atoms with Gasteiger partial charge in [0.1, 0.15) is 5.75 Å². The third kappa shape index (κ3) is 2.48. The van der Waals surface area contributed by atoms with Gasteiger partial charge in [0.15, 0.2) is 0 Å². The van der Waals surface area contributed by atoms with Crippen molar-refractivity contribution in [1.82, 2.24) is 0 Å². The predicted molar refractivity (Wildman–Crippen MR) is 74.4 cm³/mol. The Balaban J connectivity index is 1.76. The molecule has 0 aromatic heterocycles. The summed E-state index contributed by atoms with van der Waals surface area (Å²) in [6.45, 7) is 0. The SMILES string of the molecule is COc1cccc(NC(=O)[C@@H]2[C@@H]3CC[C@@H](C3)[C@@H]2C(=O)[O-])c1. The molecule has 4 atom stereocenters. The molecule has 1 aromatic rings. The molecule has 2 aliphatic carbocycles. The molecule has 5 nitrogen and oxygen atoms in total. The van der Waals surface area contributed by atoms with Gasteiger partial charge in [-0.25, -0.2) is 0 Å². The quantitative estimate of drug-likeness (QED) is 0.898. The summed E-state index contributed by atoms with van der Waals surface area (Å²) in [7, 11) is 1.56. The number of ether oxygens (including phenoxy) is 1. The Bertz CT molecular complexity index is 571. The van der Waals surface area contributed by atoms with Crippen molar-refractivity contribution in [2.75, 3.05) is 12.4 Å². The van der Waals surface area contributed by atoms with Crippen LogP contribution in [0.25, 0.3) is 0 Å². The van der Waals surface area contributed by atoms with Crippen LogP contribution in [0.4, 0.5) is 5.69 Å². The monoisotopic (exact) mass is 288 g/mol. The van der Waals surface area contributed by atoms with Crippen LogP contribution in [0.5, 0.6) is 5.75 Å². The van der Waals surface area contributed by atoms with Gasteiger partial charge in [-0.3, -0.25) is 4.79 Å². The van der Waals surface area contributed by atoms with E-state index in [1.807, 2.05) is 0 Å². The molecule has 0 aliphatic heterocycles. The van der Waals surface area contributed by atoms with Crippen molar-refractivity contribution in [2.24, 2.45) is 23.7 Å². The second kappa shape index (κ2) is 5.39. The minimum Gasteiger partial charge on any atom is -0.550 e. The van der Waals surface area contributed by atoms with Gasteiger partial charge in [0.2, 0.25) is 5.91 Å². The molecule has 1 N–H and O–H groups in total. The molecule has 0 spiro atoms. The summed E-state index contributed by atoms with van der Waals surface area (Å²) in [6.07, 6.45) is 2.66. The number of nitrogens with one attached hydrogen (secondary N) is 1. The highest BCUT2D eigenvalue weighted by Crippen LogP contribution is 2.52. The smallest absolute Gasteiger partial charge is 0.228 e. The Hall–Kier alpha value is -2.04. The fraction of sp³-hybridized carbons (Fsp3) is 0.500. The number of carbonyl (C=O) groups is 2.